The van der Waals surface area contributed by atoms with Gasteiger partial charge in [0.1, 0.15) is 0 Å². The van der Waals surface area contributed by atoms with E-state index in [0.29, 0.717) is 0 Å². The van der Waals surface area contributed by atoms with Crippen molar-refractivity contribution in [3.8, 4) is 0 Å². The molecule has 0 aliphatic carbocycles. The number of carbonyl (C=O) groups is 1. The Morgan fingerprint density at radius 1 is 1.57 bits per heavy atom. The summed E-state index contributed by atoms with van der Waals surface area (Å²) >= 11 is 0. The van der Waals surface area contributed by atoms with Crippen molar-refractivity contribution in [1.29, 1.82) is 0 Å². The Hall–Kier alpha value is -0.880. The number of carboxylic acid groups (broad SMARTS) is 1. The summed E-state index contributed by atoms with van der Waals surface area (Å²) in [5.74, 6) is -2.22. The van der Waals surface area contributed by atoms with Crippen molar-refractivity contribution in [2.24, 2.45) is 0 Å². The van der Waals surface area contributed by atoms with Gasteiger partial charge in [-0.05, 0) is 13.8 Å². The first-order valence-corrected chi connectivity index (χ1v) is 5.74. The zero-order chi connectivity index (χ0) is 11.4. The predicted octanol–water partition coefficient (Wildman–Crippen LogP) is 0.297. The number of rotatable bonds is 6. The molecule has 0 saturated heterocycles. The van der Waals surface area contributed by atoms with Crippen LogP contribution in [0.2, 0.25) is 0 Å². The minimum absolute atomic E-state index is 0.132. The molecule has 0 amide bonds. The predicted molar refractivity (Wildman–Crippen MR) is 53.5 cm³/mol. The number of hydrogen-bond acceptors (Lipinski definition) is 3. The van der Waals surface area contributed by atoms with Gasteiger partial charge >= 0.3 is 5.97 Å². The summed E-state index contributed by atoms with van der Waals surface area (Å²) in [6.07, 6.45) is 1.43. The third-order valence-electron chi connectivity index (χ3n) is 1.55. The first-order chi connectivity index (χ1) is 6.31. The van der Waals surface area contributed by atoms with E-state index in [1.165, 1.54) is 6.08 Å². The summed E-state index contributed by atoms with van der Waals surface area (Å²) in [5, 5.41) is 8.42. The van der Waals surface area contributed by atoms with Crippen LogP contribution in [0.5, 0.6) is 0 Å². The van der Waals surface area contributed by atoms with Crippen LogP contribution < -0.4 is 0 Å². The second-order valence-electron chi connectivity index (χ2n) is 3.10. The van der Waals surface area contributed by atoms with Crippen molar-refractivity contribution in [3.63, 3.8) is 0 Å². The lowest BCUT2D eigenvalue weighted by atomic mass is 10.4. The minimum Gasteiger partial charge on any atom is -0.480 e. The maximum absolute atomic E-state index is 11.5. The van der Waals surface area contributed by atoms with Gasteiger partial charge < -0.3 is 5.11 Å². The zero-order valence-electron chi connectivity index (χ0n) is 8.30. The maximum atomic E-state index is 11.5. The highest BCUT2D eigenvalue weighted by molar-refractivity contribution is 7.89. The van der Waals surface area contributed by atoms with Crippen LogP contribution in [0.15, 0.2) is 12.7 Å². The van der Waals surface area contributed by atoms with Crippen molar-refractivity contribution >= 4 is 16.0 Å². The first kappa shape index (κ1) is 13.1. The fraction of sp³-hybridized carbons (Fsp3) is 0.625. The Bertz CT molecular complexity index is 307. The standard InChI is InChI=1S/C8H15NO4S/c1-4-5-9(7(2)3)14(12,13)6-8(10)11/h4,7H,1,5-6H2,2-3H3,(H,10,11). The molecule has 0 heterocycles. The highest BCUT2D eigenvalue weighted by Gasteiger charge is 2.26. The van der Waals surface area contributed by atoms with Gasteiger partial charge in [-0.2, -0.15) is 4.31 Å². The molecule has 0 aromatic carbocycles. The summed E-state index contributed by atoms with van der Waals surface area (Å²) in [6, 6.07) is -0.266. The Morgan fingerprint density at radius 2 is 2.07 bits per heavy atom. The quantitative estimate of drug-likeness (QED) is 0.654. The van der Waals surface area contributed by atoms with Crippen LogP contribution in [-0.4, -0.2) is 42.1 Å². The van der Waals surface area contributed by atoms with Gasteiger partial charge in [-0.3, -0.25) is 4.79 Å². The molecule has 5 nitrogen and oxygen atoms in total. The fourth-order valence-electron chi connectivity index (χ4n) is 1.01. The largest absolute Gasteiger partial charge is 0.480 e. The average molecular weight is 221 g/mol. The molecule has 0 bridgehead atoms. The van der Waals surface area contributed by atoms with Crippen LogP contribution in [0.3, 0.4) is 0 Å². The van der Waals surface area contributed by atoms with Gasteiger partial charge in [0, 0.05) is 12.6 Å². The first-order valence-electron chi connectivity index (χ1n) is 4.13. The van der Waals surface area contributed by atoms with Crippen molar-refractivity contribution < 1.29 is 18.3 Å². The Labute approximate surface area is 84.1 Å². The molecule has 0 aliphatic rings. The number of sulfonamides is 1. The summed E-state index contributed by atoms with van der Waals surface area (Å²) in [6.45, 7) is 6.92. The van der Waals surface area contributed by atoms with E-state index in [1.54, 1.807) is 13.8 Å². The molecule has 6 heteroatoms. The topological polar surface area (TPSA) is 74.7 Å². The van der Waals surface area contributed by atoms with E-state index >= 15 is 0 Å². The van der Waals surface area contributed by atoms with Crippen molar-refractivity contribution in [2.45, 2.75) is 19.9 Å². The molecule has 0 atom stereocenters. The molecular formula is C8H15NO4S. The smallest absolute Gasteiger partial charge is 0.320 e. The van der Waals surface area contributed by atoms with Gasteiger partial charge in [-0.25, -0.2) is 8.42 Å². The van der Waals surface area contributed by atoms with Crippen LogP contribution >= 0.6 is 0 Å². The molecule has 0 radical (unpaired) electrons. The van der Waals surface area contributed by atoms with Gasteiger partial charge in [-0.15, -0.1) is 6.58 Å². The molecule has 0 saturated carbocycles. The molecule has 0 aliphatic heterocycles. The number of carboxylic acids is 1. The van der Waals surface area contributed by atoms with E-state index in [4.69, 9.17) is 5.11 Å². The molecule has 82 valence electrons. The normalized spacial score (nSPS) is 12.0. The minimum atomic E-state index is -3.72. The lowest BCUT2D eigenvalue weighted by Gasteiger charge is -2.23. The second kappa shape index (κ2) is 5.11. The van der Waals surface area contributed by atoms with E-state index in [0.717, 1.165) is 4.31 Å². The van der Waals surface area contributed by atoms with E-state index in [-0.39, 0.29) is 12.6 Å². The number of hydrogen-bond donors (Lipinski definition) is 1. The van der Waals surface area contributed by atoms with Crippen molar-refractivity contribution in [3.05, 3.63) is 12.7 Å². The third-order valence-corrected chi connectivity index (χ3v) is 3.45. The summed E-state index contributed by atoms with van der Waals surface area (Å²) < 4.78 is 24.0. The average Bonchev–Trinajstić information content (AvgIpc) is 1.96. The van der Waals surface area contributed by atoms with Crippen LogP contribution in [0.25, 0.3) is 0 Å². The maximum Gasteiger partial charge on any atom is 0.320 e. The molecule has 0 rings (SSSR count). The van der Waals surface area contributed by atoms with Crippen LogP contribution in [0.1, 0.15) is 13.8 Å². The Morgan fingerprint density at radius 3 is 2.36 bits per heavy atom. The molecule has 0 aromatic heterocycles. The van der Waals surface area contributed by atoms with Crippen molar-refractivity contribution in [2.75, 3.05) is 12.3 Å². The zero-order valence-corrected chi connectivity index (χ0v) is 9.12. The second-order valence-corrected chi connectivity index (χ2v) is 5.02. The number of aliphatic carboxylic acids is 1. The van der Waals surface area contributed by atoms with Crippen LogP contribution in [0.4, 0.5) is 0 Å². The SMILES string of the molecule is C=CCN(C(C)C)S(=O)(=O)CC(=O)O. The third kappa shape index (κ3) is 3.89. The Balaban J connectivity index is 4.80. The highest BCUT2D eigenvalue weighted by atomic mass is 32.2. The van der Waals surface area contributed by atoms with E-state index in [1.807, 2.05) is 0 Å². The van der Waals surface area contributed by atoms with E-state index in [9.17, 15) is 13.2 Å². The number of nitrogens with zero attached hydrogens (tertiary/aromatic N) is 1. The lowest BCUT2D eigenvalue weighted by Crippen LogP contribution is -2.40. The monoisotopic (exact) mass is 221 g/mol. The lowest BCUT2D eigenvalue weighted by molar-refractivity contribution is -0.134. The van der Waals surface area contributed by atoms with Gasteiger partial charge in [0.2, 0.25) is 10.0 Å². The van der Waals surface area contributed by atoms with Gasteiger partial charge in [0.15, 0.2) is 5.75 Å². The molecule has 14 heavy (non-hydrogen) atoms. The molecule has 0 spiro atoms. The Kier molecular flexibility index (Phi) is 4.79. The molecule has 1 N–H and O–H groups in total. The molecule has 0 fully saturated rings. The molecular weight excluding hydrogens is 206 g/mol. The fourth-order valence-corrected chi connectivity index (χ4v) is 2.46. The summed E-state index contributed by atoms with van der Waals surface area (Å²) in [7, 11) is -3.72. The highest BCUT2D eigenvalue weighted by Crippen LogP contribution is 2.07. The van der Waals surface area contributed by atoms with E-state index in [2.05, 4.69) is 6.58 Å². The summed E-state index contributed by atoms with van der Waals surface area (Å²) in [4.78, 5) is 10.3. The van der Waals surface area contributed by atoms with Crippen molar-refractivity contribution in [1.82, 2.24) is 4.31 Å². The van der Waals surface area contributed by atoms with Gasteiger partial charge in [0.05, 0.1) is 0 Å². The van der Waals surface area contributed by atoms with Gasteiger partial charge in [0.25, 0.3) is 0 Å². The molecule has 0 unspecified atom stereocenters. The summed E-state index contributed by atoms with van der Waals surface area (Å²) in [5.41, 5.74) is 0. The van der Waals surface area contributed by atoms with E-state index < -0.39 is 21.7 Å². The van der Waals surface area contributed by atoms with Gasteiger partial charge in [-0.1, -0.05) is 6.08 Å². The van der Waals surface area contributed by atoms with Crippen LogP contribution in [0, 0.1) is 0 Å². The molecule has 0 aromatic rings. The van der Waals surface area contributed by atoms with Crippen LogP contribution in [-0.2, 0) is 14.8 Å².